The molecule has 0 aliphatic carbocycles. The number of hydrogen-bond donors (Lipinski definition) is 0. The van der Waals surface area contributed by atoms with Gasteiger partial charge in [-0.05, 0) is 24.8 Å². The molecule has 0 saturated carbocycles. The van der Waals surface area contributed by atoms with Gasteiger partial charge in [0, 0.05) is 6.07 Å². The highest BCUT2D eigenvalue weighted by Crippen LogP contribution is 2.35. The molecule has 1 atom stereocenters. The van der Waals surface area contributed by atoms with Crippen molar-refractivity contribution in [3.63, 3.8) is 0 Å². The molecule has 0 bridgehead atoms. The minimum absolute atomic E-state index is 0.663. The van der Waals surface area contributed by atoms with Crippen molar-refractivity contribution < 1.29 is 4.57 Å². The first-order valence-electron chi connectivity index (χ1n) is 4.42. The predicted molar refractivity (Wildman–Crippen MR) is 57.5 cm³/mol. The average Bonchev–Trinajstić information content (AvgIpc) is 2.66. The van der Waals surface area contributed by atoms with Gasteiger partial charge in [0.05, 0.1) is 5.75 Å². The number of aromatic nitrogens is 1. The van der Waals surface area contributed by atoms with E-state index in [1.165, 1.54) is 20.3 Å². The Bertz CT molecular complexity index is 461. The van der Waals surface area contributed by atoms with E-state index in [2.05, 4.69) is 35.8 Å². The number of hydrogen-bond acceptors (Lipinski definition) is 2. The normalized spacial score (nSPS) is 20.8. The van der Waals surface area contributed by atoms with Crippen LogP contribution in [0.3, 0.4) is 0 Å². The van der Waals surface area contributed by atoms with Crippen molar-refractivity contribution in [2.24, 2.45) is 0 Å². The summed E-state index contributed by atoms with van der Waals surface area (Å²) in [4.78, 5) is 0. The van der Waals surface area contributed by atoms with Gasteiger partial charge in [-0.3, -0.25) is 0 Å². The first-order valence-corrected chi connectivity index (χ1v) is 6.22. The summed E-state index contributed by atoms with van der Waals surface area (Å²) in [7, 11) is 0. The molecule has 3 heteroatoms. The van der Waals surface area contributed by atoms with Crippen LogP contribution in [0.5, 0.6) is 0 Å². The van der Waals surface area contributed by atoms with Crippen LogP contribution >= 0.6 is 23.1 Å². The smallest absolute Gasteiger partial charge is 0.173 e. The quantitative estimate of drug-likeness (QED) is 0.602. The fourth-order valence-corrected chi connectivity index (χ4v) is 4.41. The minimum atomic E-state index is 0.663. The van der Waals surface area contributed by atoms with Crippen LogP contribution in [0.25, 0.3) is 10.2 Å². The van der Waals surface area contributed by atoms with Gasteiger partial charge in [0.1, 0.15) is 4.70 Å². The van der Waals surface area contributed by atoms with E-state index in [0.717, 1.165) is 0 Å². The Balaban J connectivity index is 2.40. The minimum Gasteiger partial charge on any atom is -0.173 e. The molecule has 1 unspecified atom stereocenters. The lowest BCUT2D eigenvalue weighted by atomic mass is 10.3. The van der Waals surface area contributed by atoms with Crippen LogP contribution in [0.15, 0.2) is 28.6 Å². The molecule has 0 amide bonds. The Kier molecular flexibility index (Phi) is 1.64. The second-order valence-electron chi connectivity index (χ2n) is 3.37. The number of benzene rings is 1. The summed E-state index contributed by atoms with van der Waals surface area (Å²) in [6.45, 7) is 2.29. The molecule has 0 fully saturated rings. The molecule has 1 aliphatic heterocycles. The summed E-state index contributed by atoms with van der Waals surface area (Å²) in [5, 5.41) is 0. The van der Waals surface area contributed by atoms with Crippen LogP contribution in [0, 0.1) is 0 Å². The third kappa shape index (κ3) is 1.04. The van der Waals surface area contributed by atoms with Crippen LogP contribution in [0.2, 0.25) is 0 Å². The third-order valence-electron chi connectivity index (χ3n) is 2.41. The number of nitrogens with zero attached hydrogens (tertiary/aromatic N) is 1. The van der Waals surface area contributed by atoms with E-state index in [9.17, 15) is 0 Å². The van der Waals surface area contributed by atoms with E-state index in [1.54, 1.807) is 0 Å². The molecule has 13 heavy (non-hydrogen) atoms. The van der Waals surface area contributed by atoms with E-state index < -0.39 is 0 Å². The van der Waals surface area contributed by atoms with Gasteiger partial charge in [0.15, 0.2) is 6.04 Å². The molecule has 0 saturated heterocycles. The molecule has 0 spiro atoms. The molecular weight excluding hydrogens is 198 g/mol. The van der Waals surface area contributed by atoms with Crippen molar-refractivity contribution in [3.05, 3.63) is 24.3 Å². The van der Waals surface area contributed by atoms with E-state index in [1.807, 2.05) is 23.1 Å². The fraction of sp³-hybridized carbons (Fsp3) is 0.300. The molecule has 1 aliphatic rings. The molecule has 2 aromatic rings. The van der Waals surface area contributed by atoms with Crippen LogP contribution in [0.1, 0.15) is 13.0 Å². The Morgan fingerprint density at radius 1 is 1.38 bits per heavy atom. The standard InChI is InChI=1S/C10H10NS2/c1-7-6-12-10-11(7)8-4-2-3-5-9(8)13-10/h2-5,7H,6H2,1H3/q+1. The first kappa shape index (κ1) is 7.83. The van der Waals surface area contributed by atoms with Crippen molar-refractivity contribution in [1.82, 2.24) is 0 Å². The predicted octanol–water partition coefficient (Wildman–Crippen LogP) is 2.86. The molecule has 0 radical (unpaired) electrons. The van der Waals surface area contributed by atoms with Gasteiger partial charge in [-0.25, -0.2) is 0 Å². The second kappa shape index (κ2) is 2.72. The van der Waals surface area contributed by atoms with Crippen LogP contribution < -0.4 is 4.57 Å². The van der Waals surface area contributed by atoms with E-state index in [0.29, 0.717) is 6.04 Å². The maximum atomic E-state index is 2.46. The van der Waals surface area contributed by atoms with Gasteiger partial charge in [-0.15, -0.1) is 0 Å². The molecule has 0 N–H and O–H groups in total. The fourth-order valence-electron chi connectivity index (χ4n) is 1.77. The summed E-state index contributed by atoms with van der Waals surface area (Å²) >= 11 is 3.90. The summed E-state index contributed by atoms with van der Waals surface area (Å²) in [5.74, 6) is 1.23. The molecule has 2 heterocycles. The number of thiazole rings is 1. The SMILES string of the molecule is CC1CSc2sc3ccccc3[n+]21. The highest BCUT2D eigenvalue weighted by Gasteiger charge is 2.32. The summed E-state index contributed by atoms with van der Waals surface area (Å²) in [5.41, 5.74) is 1.40. The van der Waals surface area contributed by atoms with Gasteiger partial charge < -0.3 is 0 Å². The Morgan fingerprint density at radius 3 is 3.15 bits per heavy atom. The van der Waals surface area contributed by atoms with Gasteiger partial charge in [-0.1, -0.05) is 23.5 Å². The van der Waals surface area contributed by atoms with Crippen molar-refractivity contribution in [3.8, 4) is 0 Å². The summed E-state index contributed by atoms with van der Waals surface area (Å²) in [6.07, 6.45) is 0. The van der Waals surface area contributed by atoms with Crippen LogP contribution in [-0.4, -0.2) is 5.75 Å². The molecule has 66 valence electrons. The third-order valence-corrected chi connectivity index (χ3v) is 5.04. The van der Waals surface area contributed by atoms with Gasteiger partial charge in [-0.2, -0.15) is 4.57 Å². The lowest BCUT2D eigenvalue weighted by Gasteiger charge is -1.94. The van der Waals surface area contributed by atoms with E-state index >= 15 is 0 Å². The molecule has 1 aromatic heterocycles. The van der Waals surface area contributed by atoms with Gasteiger partial charge in [0.25, 0.3) is 4.34 Å². The van der Waals surface area contributed by atoms with Crippen molar-refractivity contribution in [2.75, 3.05) is 5.75 Å². The average molecular weight is 208 g/mol. The number of para-hydroxylation sites is 1. The maximum absolute atomic E-state index is 2.46. The van der Waals surface area contributed by atoms with E-state index in [4.69, 9.17) is 0 Å². The zero-order valence-corrected chi connectivity index (χ0v) is 8.99. The van der Waals surface area contributed by atoms with Crippen LogP contribution in [0.4, 0.5) is 0 Å². The highest BCUT2D eigenvalue weighted by atomic mass is 32.2. The zero-order valence-electron chi connectivity index (χ0n) is 7.36. The lowest BCUT2D eigenvalue weighted by Crippen LogP contribution is -2.34. The monoisotopic (exact) mass is 208 g/mol. The van der Waals surface area contributed by atoms with E-state index in [-0.39, 0.29) is 0 Å². The Morgan fingerprint density at radius 2 is 2.23 bits per heavy atom. The molecule has 1 nitrogen and oxygen atoms in total. The Labute approximate surface area is 85.4 Å². The Hall–Kier alpha value is -0.540. The summed E-state index contributed by atoms with van der Waals surface area (Å²) < 4.78 is 5.34. The van der Waals surface area contributed by atoms with Gasteiger partial charge >= 0.3 is 0 Å². The summed E-state index contributed by atoms with van der Waals surface area (Å²) in [6, 6.07) is 9.33. The van der Waals surface area contributed by atoms with Crippen molar-refractivity contribution in [1.29, 1.82) is 0 Å². The molecule has 3 rings (SSSR count). The van der Waals surface area contributed by atoms with Crippen molar-refractivity contribution >= 4 is 33.3 Å². The number of thioether (sulfide) groups is 1. The van der Waals surface area contributed by atoms with Gasteiger partial charge in [0.2, 0.25) is 5.52 Å². The highest BCUT2D eigenvalue weighted by molar-refractivity contribution is 8.01. The second-order valence-corrected chi connectivity index (χ2v) is 5.66. The lowest BCUT2D eigenvalue weighted by molar-refractivity contribution is -0.714. The molecule has 1 aromatic carbocycles. The number of fused-ring (bicyclic) bond motifs is 3. The molecular formula is C10H10NS2+. The van der Waals surface area contributed by atoms with Crippen LogP contribution in [-0.2, 0) is 0 Å². The first-order chi connectivity index (χ1) is 6.36. The topological polar surface area (TPSA) is 3.88 Å². The largest absolute Gasteiger partial charge is 0.298 e. The zero-order chi connectivity index (χ0) is 8.84. The maximum Gasteiger partial charge on any atom is 0.298 e. The number of rotatable bonds is 0. The van der Waals surface area contributed by atoms with Crippen molar-refractivity contribution in [2.45, 2.75) is 17.3 Å².